The number of hydrogen-bond donors (Lipinski definition) is 0. The molecule has 0 spiro atoms. The molecular weight excluding hydrogens is 569 g/mol. The molecule has 0 aliphatic rings. The van der Waals surface area contributed by atoms with Gasteiger partial charge in [-0.1, -0.05) is 43.0 Å². The van der Waals surface area contributed by atoms with Crippen LogP contribution in [-0.2, 0) is 0 Å². The summed E-state index contributed by atoms with van der Waals surface area (Å²) in [5, 5.41) is 5.93. The van der Waals surface area contributed by atoms with Crippen LogP contribution in [0.4, 0.5) is 0 Å². The number of hydrogen-bond acceptors (Lipinski definition) is 6. The van der Waals surface area contributed by atoms with Crippen molar-refractivity contribution < 1.29 is 13.9 Å². The van der Waals surface area contributed by atoms with Crippen molar-refractivity contribution in [3.63, 3.8) is 0 Å². The Hall–Kier alpha value is -3.92. The van der Waals surface area contributed by atoms with Crippen LogP contribution < -0.4 is 15.0 Å². The number of nitrogens with zero attached hydrogens (tertiary/aromatic N) is 3. The van der Waals surface area contributed by atoms with Crippen molar-refractivity contribution in [1.82, 2.24) is 9.66 Å². The first-order chi connectivity index (χ1) is 17.6. The van der Waals surface area contributed by atoms with E-state index in [1.807, 2.05) is 55.5 Å². The summed E-state index contributed by atoms with van der Waals surface area (Å²) in [7, 11) is 0. The van der Waals surface area contributed by atoms with Gasteiger partial charge in [0.15, 0.2) is 17.3 Å². The van der Waals surface area contributed by atoms with Crippen LogP contribution in [0, 0.1) is 3.57 Å². The number of aromatic nitrogens is 2. The van der Waals surface area contributed by atoms with E-state index < -0.39 is 0 Å². The van der Waals surface area contributed by atoms with Crippen LogP contribution in [0.5, 0.6) is 11.5 Å². The fraction of sp³-hybridized carbons (Fsp3) is 0.107. The minimum absolute atomic E-state index is 0.294. The van der Waals surface area contributed by atoms with Crippen molar-refractivity contribution in [2.45, 2.75) is 6.92 Å². The summed E-state index contributed by atoms with van der Waals surface area (Å²) < 4.78 is 19.7. The lowest BCUT2D eigenvalue weighted by Crippen LogP contribution is -2.20. The third-order valence-electron chi connectivity index (χ3n) is 5.40. The summed E-state index contributed by atoms with van der Waals surface area (Å²) >= 11 is 2.19. The highest BCUT2D eigenvalue weighted by Crippen LogP contribution is 2.34. The summed E-state index contributed by atoms with van der Waals surface area (Å²) in [6.07, 6.45) is 3.28. The molecule has 0 radical (unpaired) electrons. The van der Waals surface area contributed by atoms with Gasteiger partial charge in [0.05, 0.1) is 27.3 Å². The molecule has 8 heteroatoms. The number of benzene rings is 3. The van der Waals surface area contributed by atoms with Crippen LogP contribution in [0.15, 0.2) is 93.7 Å². The van der Waals surface area contributed by atoms with E-state index in [0.717, 1.165) is 14.5 Å². The molecular formula is C28H22IN3O4. The number of halogens is 1. The average molecular weight is 591 g/mol. The van der Waals surface area contributed by atoms with E-state index >= 15 is 0 Å². The van der Waals surface area contributed by atoms with E-state index in [2.05, 4.69) is 34.3 Å². The van der Waals surface area contributed by atoms with Crippen LogP contribution in [0.25, 0.3) is 33.5 Å². The van der Waals surface area contributed by atoms with Gasteiger partial charge in [0.2, 0.25) is 5.82 Å². The molecule has 2 aromatic heterocycles. The third-order valence-corrected chi connectivity index (χ3v) is 6.20. The van der Waals surface area contributed by atoms with E-state index in [0.29, 0.717) is 52.8 Å². The molecule has 0 aliphatic carbocycles. The molecule has 0 atom stereocenters. The Morgan fingerprint density at radius 3 is 2.72 bits per heavy atom. The molecule has 0 aliphatic heterocycles. The molecule has 0 fully saturated rings. The zero-order valence-corrected chi connectivity index (χ0v) is 21.6. The third kappa shape index (κ3) is 4.64. The zero-order chi connectivity index (χ0) is 25.1. The van der Waals surface area contributed by atoms with Crippen LogP contribution >= 0.6 is 22.6 Å². The van der Waals surface area contributed by atoms with Crippen molar-refractivity contribution in [1.29, 1.82) is 0 Å². The second-order valence-corrected chi connectivity index (χ2v) is 8.99. The van der Waals surface area contributed by atoms with Crippen molar-refractivity contribution in [2.75, 3.05) is 13.2 Å². The minimum Gasteiger partial charge on any atom is -0.490 e. The fourth-order valence-corrected chi connectivity index (χ4v) is 4.60. The Balaban J connectivity index is 1.65. The maximum Gasteiger partial charge on any atom is 0.282 e. The molecule has 0 saturated heterocycles. The molecule has 0 bridgehead atoms. The molecule has 0 N–H and O–H groups in total. The highest BCUT2D eigenvalue weighted by atomic mass is 127. The Labute approximate surface area is 220 Å². The minimum atomic E-state index is -0.294. The lowest BCUT2D eigenvalue weighted by molar-refractivity contribution is 0.295. The van der Waals surface area contributed by atoms with Gasteiger partial charge >= 0.3 is 0 Å². The molecule has 3 aromatic carbocycles. The van der Waals surface area contributed by atoms with Crippen molar-refractivity contribution in [3.05, 3.63) is 98.9 Å². The normalized spacial score (nSPS) is 11.4. The zero-order valence-electron chi connectivity index (χ0n) is 19.5. The van der Waals surface area contributed by atoms with Gasteiger partial charge in [-0.3, -0.25) is 4.79 Å². The number of para-hydroxylation sites is 2. The molecule has 0 unspecified atom stereocenters. The molecule has 5 rings (SSSR count). The summed E-state index contributed by atoms with van der Waals surface area (Å²) in [5.41, 5.74) is 1.72. The lowest BCUT2D eigenvalue weighted by Gasteiger charge is -2.13. The molecule has 7 nitrogen and oxygen atoms in total. The Morgan fingerprint density at radius 1 is 1.11 bits per heavy atom. The van der Waals surface area contributed by atoms with Gasteiger partial charge in [0.25, 0.3) is 5.56 Å². The van der Waals surface area contributed by atoms with Crippen LogP contribution in [0.2, 0.25) is 0 Å². The molecule has 36 heavy (non-hydrogen) atoms. The standard InChI is InChI=1S/C28H22IN3O4/c1-3-13-35-26-21(29)14-18(15-24(26)34-4-2)17-30-32-27(25-16-19-9-5-8-12-23(19)36-25)31-22-11-7-6-10-20(22)28(32)33/h3,5-12,14-17H,1,4,13H2,2H3. The summed E-state index contributed by atoms with van der Waals surface area (Å²) in [6.45, 7) is 6.45. The maximum atomic E-state index is 13.5. The van der Waals surface area contributed by atoms with Gasteiger partial charge in [0.1, 0.15) is 12.2 Å². The van der Waals surface area contributed by atoms with Gasteiger partial charge in [0, 0.05) is 5.39 Å². The monoisotopic (exact) mass is 591 g/mol. The quantitative estimate of drug-likeness (QED) is 0.121. The molecule has 2 heterocycles. The topological polar surface area (TPSA) is 78.9 Å². The first-order valence-corrected chi connectivity index (χ1v) is 12.4. The summed E-state index contributed by atoms with van der Waals surface area (Å²) in [6, 6.07) is 20.4. The van der Waals surface area contributed by atoms with E-state index in [1.165, 1.54) is 4.68 Å². The van der Waals surface area contributed by atoms with Gasteiger partial charge in [-0.25, -0.2) is 4.98 Å². The van der Waals surface area contributed by atoms with E-state index in [9.17, 15) is 4.79 Å². The molecule has 180 valence electrons. The maximum absolute atomic E-state index is 13.5. The number of rotatable bonds is 8. The highest BCUT2D eigenvalue weighted by molar-refractivity contribution is 14.1. The van der Waals surface area contributed by atoms with Crippen LogP contribution in [0.3, 0.4) is 0 Å². The van der Waals surface area contributed by atoms with Crippen molar-refractivity contribution in [2.24, 2.45) is 5.10 Å². The fourth-order valence-electron chi connectivity index (χ4n) is 3.81. The van der Waals surface area contributed by atoms with Crippen molar-refractivity contribution >= 4 is 50.7 Å². The van der Waals surface area contributed by atoms with Crippen LogP contribution in [0.1, 0.15) is 12.5 Å². The van der Waals surface area contributed by atoms with E-state index in [-0.39, 0.29) is 5.56 Å². The summed E-state index contributed by atoms with van der Waals surface area (Å²) in [4.78, 5) is 18.2. The average Bonchev–Trinajstić information content (AvgIpc) is 3.32. The second-order valence-electron chi connectivity index (χ2n) is 7.83. The Kier molecular flexibility index (Phi) is 6.86. The Morgan fingerprint density at radius 2 is 1.92 bits per heavy atom. The lowest BCUT2D eigenvalue weighted by atomic mass is 10.2. The largest absolute Gasteiger partial charge is 0.490 e. The smallest absolute Gasteiger partial charge is 0.282 e. The molecule has 5 aromatic rings. The van der Waals surface area contributed by atoms with E-state index in [1.54, 1.807) is 30.5 Å². The number of furan rings is 1. The Bertz CT molecular complexity index is 1640. The van der Waals surface area contributed by atoms with Gasteiger partial charge in [-0.15, -0.1) is 0 Å². The van der Waals surface area contributed by atoms with Crippen LogP contribution in [-0.4, -0.2) is 29.1 Å². The first kappa shape index (κ1) is 23.8. The predicted octanol–water partition coefficient (Wildman–Crippen LogP) is 6.26. The van der Waals surface area contributed by atoms with Gasteiger partial charge in [-0.05, 0) is 71.5 Å². The second kappa shape index (κ2) is 10.4. The number of fused-ring (bicyclic) bond motifs is 2. The molecule has 0 amide bonds. The molecule has 0 saturated carbocycles. The number of ether oxygens (including phenoxy) is 2. The predicted molar refractivity (Wildman–Crippen MR) is 150 cm³/mol. The van der Waals surface area contributed by atoms with Crippen molar-refractivity contribution in [3.8, 4) is 23.1 Å². The van der Waals surface area contributed by atoms with E-state index in [4.69, 9.17) is 18.9 Å². The van der Waals surface area contributed by atoms with Gasteiger partial charge in [-0.2, -0.15) is 9.78 Å². The van der Waals surface area contributed by atoms with Gasteiger partial charge < -0.3 is 13.9 Å². The summed E-state index contributed by atoms with van der Waals surface area (Å²) in [5.74, 6) is 2.00. The first-order valence-electron chi connectivity index (χ1n) is 11.3. The SMILES string of the molecule is C=CCOc1c(I)cc(C=Nn2c(-c3cc4ccccc4o3)nc3ccccc3c2=O)cc1OCC. The highest BCUT2D eigenvalue weighted by Gasteiger charge is 2.17.